The molecule has 0 spiro atoms. The Morgan fingerprint density at radius 2 is 1.80 bits per heavy atom. The number of imide groups is 1. The summed E-state index contributed by atoms with van der Waals surface area (Å²) >= 11 is 12.5. The van der Waals surface area contributed by atoms with Gasteiger partial charge in [-0.3, -0.25) is 15.0 Å². The van der Waals surface area contributed by atoms with Crippen LogP contribution in [0.4, 0.5) is 9.59 Å². The minimum absolute atomic E-state index is 0.0643. The summed E-state index contributed by atoms with van der Waals surface area (Å²) in [7, 11) is 0. The van der Waals surface area contributed by atoms with Crippen molar-refractivity contribution in [2.75, 3.05) is 26.2 Å². The van der Waals surface area contributed by atoms with Gasteiger partial charge in [-0.1, -0.05) is 35.9 Å². The molecule has 2 aromatic carbocycles. The summed E-state index contributed by atoms with van der Waals surface area (Å²) in [6.07, 6.45) is 5.74. The molecule has 2 N–H and O–H groups in total. The van der Waals surface area contributed by atoms with E-state index in [9.17, 15) is 14.4 Å². The molecule has 1 aliphatic carbocycles. The van der Waals surface area contributed by atoms with E-state index in [2.05, 4.69) is 22.5 Å². The lowest BCUT2D eigenvalue weighted by Gasteiger charge is -2.35. The van der Waals surface area contributed by atoms with Crippen molar-refractivity contribution < 1.29 is 23.9 Å². The number of amides is 4. The highest BCUT2D eigenvalue weighted by Crippen LogP contribution is 2.34. The van der Waals surface area contributed by atoms with Gasteiger partial charge in [-0.15, -0.1) is 11.6 Å². The van der Waals surface area contributed by atoms with Crippen molar-refractivity contribution in [3.63, 3.8) is 0 Å². The third-order valence-electron chi connectivity index (χ3n) is 7.45. The summed E-state index contributed by atoms with van der Waals surface area (Å²) in [5.74, 6) is 0.796. The van der Waals surface area contributed by atoms with Gasteiger partial charge in [0.15, 0.2) is 0 Å². The summed E-state index contributed by atoms with van der Waals surface area (Å²) in [6, 6.07) is 13.6. The zero-order valence-electron chi connectivity index (χ0n) is 22.1. The molecule has 2 aliphatic heterocycles. The lowest BCUT2D eigenvalue weighted by Crippen LogP contribution is -2.43. The van der Waals surface area contributed by atoms with E-state index in [0.717, 1.165) is 33.8 Å². The molecule has 1 fully saturated rings. The Balaban J connectivity index is 1.22. The van der Waals surface area contributed by atoms with Gasteiger partial charge in [-0.2, -0.15) is 0 Å². The van der Waals surface area contributed by atoms with Gasteiger partial charge >= 0.3 is 12.1 Å². The minimum atomic E-state index is -0.455. The van der Waals surface area contributed by atoms with Gasteiger partial charge in [0.25, 0.3) is 0 Å². The van der Waals surface area contributed by atoms with Crippen LogP contribution in [0.1, 0.15) is 35.7 Å². The van der Waals surface area contributed by atoms with Crippen LogP contribution >= 0.6 is 23.2 Å². The number of carbonyl (C=O) groups excluding carboxylic acids is 3. The van der Waals surface area contributed by atoms with Crippen LogP contribution in [0.3, 0.4) is 0 Å². The van der Waals surface area contributed by atoms with Gasteiger partial charge in [0, 0.05) is 34.4 Å². The van der Waals surface area contributed by atoms with Crippen molar-refractivity contribution >= 4 is 53.4 Å². The van der Waals surface area contributed by atoms with Crippen LogP contribution in [-0.4, -0.2) is 64.4 Å². The molecule has 41 heavy (non-hydrogen) atoms. The van der Waals surface area contributed by atoms with E-state index >= 15 is 0 Å². The summed E-state index contributed by atoms with van der Waals surface area (Å²) in [5.41, 5.74) is 3.01. The second-order valence-corrected chi connectivity index (χ2v) is 11.2. The number of hydrogen-bond donors (Lipinski definition) is 2. The molecule has 212 valence electrons. The van der Waals surface area contributed by atoms with Crippen LogP contribution in [0, 0.1) is 0 Å². The van der Waals surface area contributed by atoms with Gasteiger partial charge in [0.05, 0.1) is 12.0 Å². The maximum Gasteiger partial charge on any atom is 0.416 e. The van der Waals surface area contributed by atoms with Gasteiger partial charge in [-0.25, -0.2) is 9.59 Å². The zero-order valence-corrected chi connectivity index (χ0v) is 23.6. The molecule has 0 radical (unpaired) electrons. The van der Waals surface area contributed by atoms with Crippen LogP contribution in [0.25, 0.3) is 12.2 Å². The zero-order chi connectivity index (χ0) is 28.5. The highest BCUT2D eigenvalue weighted by molar-refractivity contribution is 6.30. The highest BCUT2D eigenvalue weighted by atomic mass is 35.5. The summed E-state index contributed by atoms with van der Waals surface area (Å²) < 4.78 is 11.6. The molecule has 3 aliphatic rings. The van der Waals surface area contributed by atoms with Crippen molar-refractivity contribution in [1.82, 2.24) is 20.1 Å². The van der Waals surface area contributed by atoms with Crippen molar-refractivity contribution in [3.8, 4) is 11.5 Å². The number of rotatable bonds is 7. The molecule has 3 heterocycles. The van der Waals surface area contributed by atoms with E-state index in [1.165, 1.54) is 4.90 Å². The van der Waals surface area contributed by atoms with Gasteiger partial charge in [0.1, 0.15) is 24.1 Å². The smallest absolute Gasteiger partial charge is 0.416 e. The number of benzene rings is 2. The Bertz CT molecular complexity index is 1600. The van der Waals surface area contributed by atoms with Gasteiger partial charge in [-0.05, 0) is 66.8 Å². The summed E-state index contributed by atoms with van der Waals surface area (Å²) in [6.45, 7) is 1.37. The number of fused-ring (bicyclic) bond motifs is 3. The maximum absolute atomic E-state index is 13.5. The van der Waals surface area contributed by atoms with Crippen molar-refractivity contribution in [2.45, 2.75) is 30.7 Å². The number of ether oxygens (including phenoxy) is 2. The first-order valence-electron chi connectivity index (χ1n) is 13.5. The fourth-order valence-electron chi connectivity index (χ4n) is 5.51. The molecule has 6 rings (SSSR count). The first-order chi connectivity index (χ1) is 19.9. The summed E-state index contributed by atoms with van der Waals surface area (Å²) in [5, 5.41) is 4.90. The molecule has 11 heteroatoms. The van der Waals surface area contributed by atoms with E-state index < -0.39 is 12.1 Å². The monoisotopic (exact) mass is 594 g/mol. The fraction of sp³-hybridized carbons (Fsp3) is 0.300. The molecule has 0 bridgehead atoms. The first-order valence-corrected chi connectivity index (χ1v) is 14.3. The number of alkyl halides is 1. The van der Waals surface area contributed by atoms with Crippen molar-refractivity contribution in [3.05, 3.63) is 80.9 Å². The molecule has 4 amide bonds. The Morgan fingerprint density at radius 1 is 1.05 bits per heavy atom. The number of aromatic amines is 1. The topological polar surface area (TPSA) is 104 Å². The number of carbonyl (C=O) groups is 3. The predicted octanol–water partition coefficient (Wildman–Crippen LogP) is 3.71. The Labute approximate surface area is 246 Å². The standard InChI is InChI=1S/C30H28Cl2N4O5/c31-19-4-9-22(10-5-19)41-30(39)36-14-12-23-24-16-20(32)6-11-25(24)33-27(23)28(36)18-2-7-21(8-3-18)40-15-1-13-35-17-26(37)34-29(35)38/h2-5,7-11,16,20,28,33H,1,6,12-15,17H2,(H,34,37,38). The number of nitrogens with zero attached hydrogens (tertiary/aromatic N) is 2. The molecular formula is C30H28Cl2N4O5. The van der Waals surface area contributed by atoms with E-state index in [-0.39, 0.29) is 23.9 Å². The molecule has 3 aromatic rings. The number of urea groups is 1. The van der Waals surface area contributed by atoms with E-state index in [4.69, 9.17) is 32.7 Å². The normalized spacial score (nSPS) is 19.6. The van der Waals surface area contributed by atoms with Crippen LogP contribution < -0.4 is 25.4 Å². The number of H-pyrrole nitrogens is 1. The highest BCUT2D eigenvalue weighted by Gasteiger charge is 2.36. The quantitative estimate of drug-likeness (QED) is 0.246. The van der Waals surface area contributed by atoms with Crippen LogP contribution in [-0.2, 0) is 11.2 Å². The maximum atomic E-state index is 13.5. The minimum Gasteiger partial charge on any atom is -0.494 e. The second kappa shape index (κ2) is 11.5. The molecule has 2 atom stereocenters. The number of halogens is 2. The molecule has 9 nitrogen and oxygen atoms in total. The first kappa shape index (κ1) is 27.2. The largest absolute Gasteiger partial charge is 0.494 e. The predicted molar refractivity (Wildman–Crippen MR) is 155 cm³/mol. The van der Waals surface area contributed by atoms with E-state index in [0.29, 0.717) is 49.1 Å². The molecule has 2 unspecified atom stereocenters. The van der Waals surface area contributed by atoms with Crippen LogP contribution in [0.2, 0.25) is 5.02 Å². The molecular weight excluding hydrogens is 567 g/mol. The second-order valence-electron chi connectivity index (χ2n) is 10.2. The van der Waals surface area contributed by atoms with E-state index in [1.807, 2.05) is 24.3 Å². The summed E-state index contributed by atoms with van der Waals surface area (Å²) in [4.78, 5) is 43.3. The van der Waals surface area contributed by atoms with Crippen LogP contribution in [0.15, 0.2) is 48.5 Å². The third kappa shape index (κ3) is 5.78. The Hall–Kier alpha value is -3.95. The Morgan fingerprint density at radius 3 is 2.54 bits per heavy atom. The fourth-order valence-corrected chi connectivity index (χ4v) is 5.85. The average molecular weight is 595 g/mol. The number of hydrogen-bond acceptors (Lipinski definition) is 5. The van der Waals surface area contributed by atoms with Gasteiger partial charge < -0.3 is 19.4 Å². The van der Waals surface area contributed by atoms with Gasteiger partial charge in [0.2, 0.25) is 5.91 Å². The lowest BCUT2D eigenvalue weighted by atomic mass is 9.92. The molecule has 1 saturated heterocycles. The number of nitrogens with one attached hydrogen (secondary N) is 2. The van der Waals surface area contributed by atoms with E-state index in [1.54, 1.807) is 29.2 Å². The SMILES string of the molecule is O=C1CN(CCCOc2ccc(C3c4[nH]c5c(c4CCN3C(=O)Oc3ccc(Cl)cc3)=CC(Cl)CC=5)cc2)C(=O)N1. The average Bonchev–Trinajstić information content (AvgIpc) is 3.49. The van der Waals surface area contributed by atoms with Crippen LogP contribution in [0.5, 0.6) is 11.5 Å². The molecule has 0 saturated carbocycles. The molecule has 1 aromatic heterocycles. The number of aromatic nitrogens is 1. The van der Waals surface area contributed by atoms with Crippen molar-refractivity contribution in [2.24, 2.45) is 0 Å². The lowest BCUT2D eigenvalue weighted by molar-refractivity contribution is -0.118. The third-order valence-corrected chi connectivity index (χ3v) is 8.01. The van der Waals surface area contributed by atoms with Crippen molar-refractivity contribution in [1.29, 1.82) is 0 Å². The Kier molecular flexibility index (Phi) is 7.64.